The lowest BCUT2D eigenvalue weighted by Crippen LogP contribution is -2.43. The van der Waals surface area contributed by atoms with Crippen LogP contribution in [0, 0.1) is 0 Å². The monoisotopic (exact) mass is 244 g/mol. The van der Waals surface area contributed by atoms with Gasteiger partial charge in [-0.2, -0.15) is 0 Å². The van der Waals surface area contributed by atoms with Crippen molar-refractivity contribution in [2.45, 2.75) is 23.6 Å². The zero-order chi connectivity index (χ0) is 11.1. The van der Waals surface area contributed by atoms with Gasteiger partial charge in [0, 0.05) is 5.75 Å². The van der Waals surface area contributed by atoms with Crippen LogP contribution >= 0.6 is 23.1 Å². The quantitative estimate of drug-likeness (QED) is 0.718. The van der Waals surface area contributed by atoms with E-state index in [-0.39, 0.29) is 11.9 Å². The number of nitrogens with two attached hydrogens (primary N) is 1. The summed E-state index contributed by atoms with van der Waals surface area (Å²) >= 11 is 3.35. The Morgan fingerprint density at radius 2 is 2.53 bits per heavy atom. The number of thiophene rings is 1. The van der Waals surface area contributed by atoms with E-state index in [4.69, 9.17) is 5.73 Å². The molecule has 0 saturated heterocycles. The fourth-order valence-electron chi connectivity index (χ4n) is 1.07. The van der Waals surface area contributed by atoms with Crippen molar-refractivity contribution >= 4 is 29.0 Å². The van der Waals surface area contributed by atoms with Gasteiger partial charge in [-0.15, -0.1) is 23.1 Å². The normalized spacial score (nSPS) is 12.6. The molecule has 1 heterocycles. The maximum absolute atomic E-state index is 11.1. The molecule has 15 heavy (non-hydrogen) atoms. The van der Waals surface area contributed by atoms with Gasteiger partial charge in [0.1, 0.15) is 0 Å². The molecular formula is C10H16N2OS2. The molecule has 1 aromatic rings. The highest BCUT2D eigenvalue weighted by molar-refractivity contribution is 8.01. The zero-order valence-electron chi connectivity index (χ0n) is 8.73. The number of hydrogen-bond acceptors (Lipinski definition) is 4. The second kappa shape index (κ2) is 6.87. The first-order chi connectivity index (χ1) is 7.24. The van der Waals surface area contributed by atoms with Crippen molar-refractivity contribution in [2.75, 3.05) is 12.3 Å². The molecule has 0 fully saturated rings. The van der Waals surface area contributed by atoms with Crippen molar-refractivity contribution in [3.8, 4) is 0 Å². The Kier molecular flexibility index (Phi) is 5.75. The molecule has 0 bridgehead atoms. The van der Waals surface area contributed by atoms with Crippen molar-refractivity contribution in [3.05, 3.63) is 17.5 Å². The molecule has 84 valence electrons. The van der Waals surface area contributed by atoms with E-state index in [1.165, 1.54) is 4.21 Å². The van der Waals surface area contributed by atoms with Gasteiger partial charge in [-0.05, 0) is 24.4 Å². The Morgan fingerprint density at radius 3 is 3.07 bits per heavy atom. The van der Waals surface area contributed by atoms with E-state index in [0.717, 1.165) is 13.0 Å². The Hall–Kier alpha value is -0.520. The molecule has 0 radical (unpaired) electrons. The Bertz CT molecular complexity index is 288. The number of hydrogen-bond donors (Lipinski definition) is 2. The minimum atomic E-state index is -0.271. The van der Waals surface area contributed by atoms with Crippen LogP contribution in [0.2, 0.25) is 0 Å². The summed E-state index contributed by atoms with van der Waals surface area (Å²) in [4.78, 5) is 11.1. The Labute approximate surface area is 98.4 Å². The van der Waals surface area contributed by atoms with Gasteiger partial charge in [0.05, 0.1) is 10.3 Å². The van der Waals surface area contributed by atoms with Crippen LogP contribution in [0.1, 0.15) is 13.3 Å². The summed E-state index contributed by atoms with van der Waals surface area (Å²) in [5, 5.41) is 5.17. The van der Waals surface area contributed by atoms with Gasteiger partial charge in [0.2, 0.25) is 5.91 Å². The molecule has 0 spiro atoms. The third-order valence-electron chi connectivity index (χ3n) is 1.87. The molecular weight excluding hydrogens is 228 g/mol. The molecule has 3 nitrogen and oxygen atoms in total. The minimum Gasteiger partial charge on any atom is -0.368 e. The number of carbonyl (C=O) groups is 1. The number of rotatable bonds is 7. The number of primary amides is 1. The maximum atomic E-state index is 11.1. The van der Waals surface area contributed by atoms with Crippen molar-refractivity contribution in [1.29, 1.82) is 0 Å². The highest BCUT2D eigenvalue weighted by Crippen LogP contribution is 2.23. The lowest BCUT2D eigenvalue weighted by atomic mass is 10.3. The second-order valence-electron chi connectivity index (χ2n) is 3.15. The summed E-state index contributed by atoms with van der Waals surface area (Å²) in [6, 6.07) is 3.83. The topological polar surface area (TPSA) is 55.1 Å². The lowest BCUT2D eigenvalue weighted by Gasteiger charge is -2.13. The predicted molar refractivity (Wildman–Crippen MR) is 66.3 cm³/mol. The largest absolute Gasteiger partial charge is 0.368 e. The number of carbonyl (C=O) groups excluding carboxylic acids is 1. The van der Waals surface area contributed by atoms with Crippen LogP contribution in [0.4, 0.5) is 0 Å². The van der Waals surface area contributed by atoms with Crippen LogP contribution in [-0.2, 0) is 4.79 Å². The number of nitrogens with one attached hydrogen (secondary N) is 1. The van der Waals surface area contributed by atoms with E-state index in [1.54, 1.807) is 23.1 Å². The van der Waals surface area contributed by atoms with E-state index in [1.807, 2.05) is 17.5 Å². The fraction of sp³-hybridized carbons (Fsp3) is 0.500. The van der Waals surface area contributed by atoms with Gasteiger partial charge in [-0.1, -0.05) is 13.0 Å². The highest BCUT2D eigenvalue weighted by atomic mass is 32.2. The van der Waals surface area contributed by atoms with Crippen LogP contribution in [0.5, 0.6) is 0 Å². The van der Waals surface area contributed by atoms with Gasteiger partial charge in [0.15, 0.2) is 0 Å². The smallest absolute Gasteiger partial charge is 0.235 e. The van der Waals surface area contributed by atoms with E-state index < -0.39 is 0 Å². The van der Waals surface area contributed by atoms with Gasteiger partial charge in [-0.25, -0.2) is 0 Å². The van der Waals surface area contributed by atoms with Crippen LogP contribution in [0.15, 0.2) is 21.7 Å². The van der Waals surface area contributed by atoms with Crippen LogP contribution in [0.25, 0.3) is 0 Å². The first kappa shape index (κ1) is 12.5. The molecule has 0 saturated carbocycles. The van der Waals surface area contributed by atoms with Crippen LogP contribution in [-0.4, -0.2) is 24.2 Å². The van der Waals surface area contributed by atoms with E-state index in [0.29, 0.717) is 5.75 Å². The van der Waals surface area contributed by atoms with Gasteiger partial charge in [-0.3, -0.25) is 4.79 Å². The molecule has 0 aliphatic rings. The first-order valence-electron chi connectivity index (χ1n) is 4.93. The van der Waals surface area contributed by atoms with E-state index in [2.05, 4.69) is 12.2 Å². The average Bonchev–Trinajstić information content (AvgIpc) is 2.70. The maximum Gasteiger partial charge on any atom is 0.235 e. The summed E-state index contributed by atoms with van der Waals surface area (Å²) in [5.41, 5.74) is 5.31. The molecule has 1 aromatic heterocycles. The Balaban J connectivity index is 2.34. The number of thioether (sulfide) groups is 1. The zero-order valence-corrected chi connectivity index (χ0v) is 10.4. The molecule has 1 amide bonds. The van der Waals surface area contributed by atoms with Crippen molar-refractivity contribution in [2.24, 2.45) is 5.73 Å². The molecule has 1 rings (SSSR count). The Morgan fingerprint density at radius 1 is 1.73 bits per heavy atom. The summed E-state index contributed by atoms with van der Waals surface area (Å²) in [6.45, 7) is 2.90. The van der Waals surface area contributed by atoms with Gasteiger partial charge < -0.3 is 11.1 Å². The molecule has 5 heteroatoms. The summed E-state index contributed by atoms with van der Waals surface area (Å²) < 4.78 is 1.22. The van der Waals surface area contributed by atoms with Crippen molar-refractivity contribution < 1.29 is 4.79 Å². The predicted octanol–water partition coefficient (Wildman–Crippen LogP) is 1.69. The van der Waals surface area contributed by atoms with Crippen molar-refractivity contribution in [3.63, 3.8) is 0 Å². The third-order valence-corrected chi connectivity index (χ3v) is 4.10. The summed E-state index contributed by atoms with van der Waals surface area (Å²) in [6.07, 6.45) is 1.01. The standard InChI is InChI=1S/C10H16N2OS2/c1-2-5-12-8(10(11)13)7-15-9-4-3-6-14-9/h3-4,6,8,12H,2,5,7H2,1H3,(H2,11,13). The second-order valence-corrected chi connectivity index (χ2v) is 5.42. The summed E-state index contributed by atoms with van der Waals surface area (Å²) in [5.74, 6) is 0.433. The van der Waals surface area contributed by atoms with Gasteiger partial charge >= 0.3 is 0 Å². The van der Waals surface area contributed by atoms with Crippen LogP contribution < -0.4 is 11.1 Å². The number of amides is 1. The summed E-state index contributed by atoms with van der Waals surface area (Å²) in [7, 11) is 0. The highest BCUT2D eigenvalue weighted by Gasteiger charge is 2.14. The molecule has 1 atom stereocenters. The van der Waals surface area contributed by atoms with E-state index >= 15 is 0 Å². The van der Waals surface area contributed by atoms with E-state index in [9.17, 15) is 4.79 Å². The first-order valence-corrected chi connectivity index (χ1v) is 6.79. The molecule has 1 unspecified atom stereocenters. The third kappa shape index (κ3) is 4.68. The molecule has 0 aromatic carbocycles. The molecule has 0 aliphatic carbocycles. The minimum absolute atomic E-state index is 0.225. The van der Waals surface area contributed by atoms with Crippen LogP contribution in [0.3, 0.4) is 0 Å². The average molecular weight is 244 g/mol. The molecule has 3 N–H and O–H groups in total. The molecule has 0 aliphatic heterocycles. The van der Waals surface area contributed by atoms with Crippen molar-refractivity contribution in [1.82, 2.24) is 5.32 Å². The van der Waals surface area contributed by atoms with Gasteiger partial charge in [0.25, 0.3) is 0 Å². The lowest BCUT2D eigenvalue weighted by molar-refractivity contribution is -0.119. The SMILES string of the molecule is CCCNC(CSc1cccs1)C(N)=O. The fourth-order valence-corrected chi connectivity index (χ4v) is 2.95.